The Kier molecular flexibility index (Phi) is 5.54. The molecule has 1 nitrogen and oxygen atoms in total. The number of allylic oxidation sites excluding steroid dienone is 1. The van der Waals surface area contributed by atoms with Crippen molar-refractivity contribution in [3.63, 3.8) is 0 Å². The Hall–Kier alpha value is -0.300. The van der Waals surface area contributed by atoms with Crippen molar-refractivity contribution in [2.45, 2.75) is 71.8 Å². The van der Waals surface area contributed by atoms with E-state index in [1.807, 2.05) is 0 Å². The Morgan fingerprint density at radius 2 is 1.81 bits per heavy atom. The number of hydrogen-bond donors (Lipinski definition) is 1. The van der Waals surface area contributed by atoms with Crippen molar-refractivity contribution in [3.05, 3.63) is 11.6 Å². The summed E-state index contributed by atoms with van der Waals surface area (Å²) in [5, 5.41) is 3.54. The molecule has 1 saturated carbocycles. The zero-order chi connectivity index (χ0) is 12.0. The molecule has 1 heteroatoms. The zero-order valence-electron chi connectivity index (χ0n) is 11.6. The normalized spacial score (nSPS) is 20.1. The van der Waals surface area contributed by atoms with Gasteiger partial charge >= 0.3 is 0 Å². The van der Waals surface area contributed by atoms with E-state index in [1.54, 1.807) is 5.57 Å². The van der Waals surface area contributed by atoms with Crippen LogP contribution in [0.15, 0.2) is 11.6 Å². The monoisotopic (exact) mass is 223 g/mol. The summed E-state index contributed by atoms with van der Waals surface area (Å²) in [6, 6.07) is 0. The molecule has 1 aliphatic carbocycles. The van der Waals surface area contributed by atoms with Gasteiger partial charge in [0.2, 0.25) is 0 Å². The third-order valence-electron chi connectivity index (χ3n) is 3.52. The highest BCUT2D eigenvalue weighted by molar-refractivity contribution is 5.04. The van der Waals surface area contributed by atoms with Crippen molar-refractivity contribution in [1.29, 1.82) is 0 Å². The molecule has 16 heavy (non-hydrogen) atoms. The van der Waals surface area contributed by atoms with Gasteiger partial charge < -0.3 is 5.32 Å². The van der Waals surface area contributed by atoms with E-state index in [1.165, 1.54) is 38.5 Å². The maximum Gasteiger partial charge on any atom is 0.00966 e. The van der Waals surface area contributed by atoms with Gasteiger partial charge in [-0.25, -0.2) is 0 Å². The second kappa shape index (κ2) is 6.44. The molecule has 0 unspecified atom stereocenters. The van der Waals surface area contributed by atoms with E-state index in [9.17, 15) is 0 Å². The minimum Gasteiger partial charge on any atom is -0.312 e. The van der Waals surface area contributed by atoms with Gasteiger partial charge in [-0.2, -0.15) is 0 Å². The molecule has 0 spiro atoms. The van der Waals surface area contributed by atoms with Gasteiger partial charge in [-0.1, -0.05) is 30.9 Å². The van der Waals surface area contributed by atoms with Gasteiger partial charge in [-0.3, -0.25) is 0 Å². The number of hydrogen-bond acceptors (Lipinski definition) is 1. The highest BCUT2D eigenvalue weighted by atomic mass is 14.9. The van der Waals surface area contributed by atoms with Crippen LogP contribution in [0.25, 0.3) is 0 Å². The van der Waals surface area contributed by atoms with Crippen molar-refractivity contribution < 1.29 is 0 Å². The first-order chi connectivity index (χ1) is 7.49. The predicted molar refractivity (Wildman–Crippen MR) is 72.7 cm³/mol. The molecule has 1 N–H and O–H groups in total. The quantitative estimate of drug-likeness (QED) is 0.554. The molecule has 0 aliphatic heterocycles. The van der Waals surface area contributed by atoms with Gasteiger partial charge in [0, 0.05) is 5.54 Å². The third-order valence-corrected chi connectivity index (χ3v) is 3.52. The lowest BCUT2D eigenvalue weighted by Crippen LogP contribution is -2.36. The van der Waals surface area contributed by atoms with Crippen LogP contribution in [0, 0.1) is 5.92 Å². The molecule has 0 amide bonds. The minimum atomic E-state index is 0.257. The smallest absolute Gasteiger partial charge is 0.00966 e. The number of rotatable bonds is 4. The van der Waals surface area contributed by atoms with E-state index in [0.29, 0.717) is 0 Å². The molecule has 0 aromatic rings. The van der Waals surface area contributed by atoms with E-state index >= 15 is 0 Å². The largest absolute Gasteiger partial charge is 0.312 e. The third kappa shape index (κ3) is 5.69. The summed E-state index contributed by atoms with van der Waals surface area (Å²) in [7, 11) is 0. The molecule has 0 heterocycles. The van der Waals surface area contributed by atoms with Crippen molar-refractivity contribution in [1.82, 2.24) is 5.32 Å². The van der Waals surface area contributed by atoms with Crippen LogP contribution < -0.4 is 5.32 Å². The van der Waals surface area contributed by atoms with E-state index in [2.05, 4.69) is 39.1 Å². The minimum absolute atomic E-state index is 0.257. The lowest BCUT2D eigenvalue weighted by molar-refractivity contribution is 0.400. The van der Waals surface area contributed by atoms with Crippen LogP contribution in [0.4, 0.5) is 0 Å². The standard InChI is InChI=1S/C15H29N/c1-13(14-10-6-5-7-11-14)9-8-12-16-15(2,3)4/h9,14,16H,5-8,10-12H2,1-4H3. The molecule has 1 rings (SSSR count). The lowest BCUT2D eigenvalue weighted by atomic mass is 9.84. The topological polar surface area (TPSA) is 12.0 Å². The molecule has 0 saturated heterocycles. The van der Waals surface area contributed by atoms with Crippen LogP contribution >= 0.6 is 0 Å². The lowest BCUT2D eigenvalue weighted by Gasteiger charge is -2.23. The molecular weight excluding hydrogens is 194 g/mol. The van der Waals surface area contributed by atoms with Gasteiger partial charge in [-0.15, -0.1) is 0 Å². The summed E-state index contributed by atoms with van der Waals surface area (Å²) in [6.45, 7) is 10.1. The second-order valence-electron chi connectivity index (χ2n) is 6.25. The SMILES string of the molecule is CC(=CCCNC(C)(C)C)C1CCCCC1. The summed E-state index contributed by atoms with van der Waals surface area (Å²) in [5.41, 5.74) is 1.89. The van der Waals surface area contributed by atoms with Crippen LogP contribution in [-0.2, 0) is 0 Å². The van der Waals surface area contributed by atoms with E-state index < -0.39 is 0 Å². The maximum absolute atomic E-state index is 3.54. The second-order valence-corrected chi connectivity index (χ2v) is 6.25. The Balaban J connectivity index is 2.22. The van der Waals surface area contributed by atoms with E-state index in [4.69, 9.17) is 0 Å². The molecule has 1 fully saturated rings. The average molecular weight is 223 g/mol. The van der Waals surface area contributed by atoms with Crippen LogP contribution in [0.1, 0.15) is 66.2 Å². The maximum atomic E-state index is 3.54. The van der Waals surface area contributed by atoms with Gasteiger partial charge in [0.1, 0.15) is 0 Å². The summed E-state index contributed by atoms with van der Waals surface area (Å²) in [4.78, 5) is 0. The van der Waals surface area contributed by atoms with E-state index in [-0.39, 0.29) is 5.54 Å². The summed E-state index contributed by atoms with van der Waals surface area (Å²) in [5.74, 6) is 0.892. The van der Waals surface area contributed by atoms with Crippen molar-refractivity contribution in [2.75, 3.05) is 6.54 Å². The summed E-state index contributed by atoms with van der Waals surface area (Å²) in [6.07, 6.45) is 10.8. The Morgan fingerprint density at radius 3 is 2.38 bits per heavy atom. The van der Waals surface area contributed by atoms with E-state index in [0.717, 1.165) is 12.5 Å². The molecule has 94 valence electrons. The predicted octanol–water partition coefficient (Wildman–Crippen LogP) is 4.29. The highest BCUT2D eigenvalue weighted by Crippen LogP contribution is 2.29. The fourth-order valence-corrected chi connectivity index (χ4v) is 2.47. The molecular formula is C15H29N. The van der Waals surface area contributed by atoms with Gasteiger partial charge in [0.25, 0.3) is 0 Å². The number of nitrogens with one attached hydrogen (secondary N) is 1. The first-order valence-corrected chi connectivity index (χ1v) is 6.91. The van der Waals surface area contributed by atoms with Crippen LogP contribution in [-0.4, -0.2) is 12.1 Å². The Morgan fingerprint density at radius 1 is 1.19 bits per heavy atom. The molecule has 0 aromatic carbocycles. The Bertz CT molecular complexity index is 216. The Labute approximate surface area is 102 Å². The fourth-order valence-electron chi connectivity index (χ4n) is 2.47. The highest BCUT2D eigenvalue weighted by Gasteiger charge is 2.14. The first kappa shape index (κ1) is 13.8. The molecule has 0 bridgehead atoms. The van der Waals surface area contributed by atoms with Crippen molar-refractivity contribution in [2.24, 2.45) is 5.92 Å². The average Bonchev–Trinajstić information content (AvgIpc) is 2.24. The zero-order valence-corrected chi connectivity index (χ0v) is 11.6. The first-order valence-electron chi connectivity index (χ1n) is 6.91. The molecule has 1 aliphatic rings. The van der Waals surface area contributed by atoms with Crippen molar-refractivity contribution >= 4 is 0 Å². The molecule has 0 aromatic heterocycles. The van der Waals surface area contributed by atoms with Gasteiger partial charge in [0.15, 0.2) is 0 Å². The van der Waals surface area contributed by atoms with Gasteiger partial charge in [0.05, 0.1) is 0 Å². The fraction of sp³-hybridized carbons (Fsp3) is 0.867. The van der Waals surface area contributed by atoms with Crippen LogP contribution in [0.2, 0.25) is 0 Å². The summed E-state index contributed by atoms with van der Waals surface area (Å²) < 4.78 is 0. The molecule has 0 atom stereocenters. The van der Waals surface area contributed by atoms with Crippen LogP contribution in [0.3, 0.4) is 0 Å². The summed E-state index contributed by atoms with van der Waals surface area (Å²) >= 11 is 0. The van der Waals surface area contributed by atoms with Gasteiger partial charge in [-0.05, 0) is 59.4 Å². The van der Waals surface area contributed by atoms with Crippen molar-refractivity contribution in [3.8, 4) is 0 Å². The van der Waals surface area contributed by atoms with Crippen LogP contribution in [0.5, 0.6) is 0 Å². The molecule has 0 radical (unpaired) electrons.